The van der Waals surface area contributed by atoms with E-state index in [9.17, 15) is 4.79 Å². The number of nitrogen functional groups attached to an aromatic ring is 1. The molecule has 100 valence electrons. The number of nitrogens with two attached hydrogens (primary N) is 1. The lowest BCUT2D eigenvalue weighted by molar-refractivity contribution is -0.135. The Morgan fingerprint density at radius 1 is 1.56 bits per heavy atom. The first-order chi connectivity index (χ1) is 8.70. The van der Waals surface area contributed by atoms with Crippen LogP contribution < -0.4 is 5.73 Å². The Morgan fingerprint density at radius 3 is 3.06 bits per heavy atom. The van der Waals surface area contributed by atoms with Gasteiger partial charge >= 0.3 is 0 Å². The molecule has 1 saturated heterocycles. The van der Waals surface area contributed by atoms with Gasteiger partial charge in [0.15, 0.2) is 0 Å². The number of hydrogen-bond acceptors (Lipinski definition) is 3. The molecule has 0 radical (unpaired) electrons. The van der Waals surface area contributed by atoms with Crippen molar-refractivity contribution in [2.24, 2.45) is 0 Å². The van der Waals surface area contributed by atoms with Gasteiger partial charge in [-0.2, -0.15) is 5.10 Å². The summed E-state index contributed by atoms with van der Waals surface area (Å²) in [7, 11) is 0. The fourth-order valence-corrected chi connectivity index (χ4v) is 2.66. The van der Waals surface area contributed by atoms with Gasteiger partial charge in [-0.3, -0.25) is 9.48 Å². The average molecular weight is 250 g/mol. The smallest absolute Gasteiger partial charge is 0.244 e. The summed E-state index contributed by atoms with van der Waals surface area (Å²) in [5, 5.41) is 4.06. The Labute approximate surface area is 108 Å². The standard InChI is InChI=1S/C13H22N4O/c1-2-5-11-6-3-4-8-17(11)13(18)10-16-9-7-12(14)15-16/h7,9,11H,2-6,8,10H2,1H3,(H2,14,15). The predicted molar refractivity (Wildman–Crippen MR) is 70.9 cm³/mol. The largest absolute Gasteiger partial charge is 0.382 e. The summed E-state index contributed by atoms with van der Waals surface area (Å²) < 4.78 is 1.62. The molecule has 0 aliphatic carbocycles. The molecule has 1 amide bonds. The molecule has 2 rings (SSSR count). The second-order valence-corrected chi connectivity index (χ2v) is 4.96. The highest BCUT2D eigenvalue weighted by Gasteiger charge is 2.25. The number of nitrogens with zero attached hydrogens (tertiary/aromatic N) is 3. The van der Waals surface area contributed by atoms with Crippen LogP contribution in [-0.4, -0.2) is 33.2 Å². The van der Waals surface area contributed by atoms with Gasteiger partial charge < -0.3 is 10.6 Å². The van der Waals surface area contributed by atoms with Crippen molar-refractivity contribution in [1.82, 2.24) is 14.7 Å². The molecule has 1 aliphatic rings. The van der Waals surface area contributed by atoms with Crippen molar-refractivity contribution in [2.75, 3.05) is 12.3 Å². The molecule has 2 N–H and O–H groups in total. The van der Waals surface area contributed by atoms with Gasteiger partial charge in [0.05, 0.1) is 0 Å². The Kier molecular flexibility index (Phi) is 4.23. The lowest BCUT2D eigenvalue weighted by atomic mass is 9.98. The van der Waals surface area contributed by atoms with Crippen LogP contribution in [0.15, 0.2) is 12.3 Å². The third kappa shape index (κ3) is 3.03. The van der Waals surface area contributed by atoms with Crippen LogP contribution in [0.2, 0.25) is 0 Å². The van der Waals surface area contributed by atoms with E-state index in [1.807, 2.05) is 4.90 Å². The van der Waals surface area contributed by atoms with E-state index in [1.165, 1.54) is 6.42 Å². The molecule has 0 bridgehead atoms. The van der Waals surface area contributed by atoms with Gasteiger partial charge in [-0.25, -0.2) is 0 Å². The van der Waals surface area contributed by atoms with Gasteiger partial charge in [0.25, 0.3) is 0 Å². The Bertz CT molecular complexity index is 399. The van der Waals surface area contributed by atoms with Crippen LogP contribution >= 0.6 is 0 Å². The number of carbonyl (C=O) groups is 1. The quantitative estimate of drug-likeness (QED) is 0.883. The van der Waals surface area contributed by atoms with Crippen LogP contribution in [0, 0.1) is 0 Å². The van der Waals surface area contributed by atoms with Gasteiger partial charge in [-0.05, 0) is 31.7 Å². The van der Waals surface area contributed by atoms with E-state index >= 15 is 0 Å². The lowest BCUT2D eigenvalue weighted by Gasteiger charge is -2.35. The molecule has 0 saturated carbocycles. The summed E-state index contributed by atoms with van der Waals surface area (Å²) in [4.78, 5) is 14.3. The van der Waals surface area contributed by atoms with Gasteiger partial charge in [-0.1, -0.05) is 13.3 Å². The molecule has 5 heteroatoms. The molecule has 1 atom stereocenters. The highest BCUT2D eigenvalue weighted by molar-refractivity contribution is 5.76. The van der Waals surface area contributed by atoms with E-state index in [0.717, 1.165) is 32.2 Å². The normalized spacial score (nSPS) is 20.1. The summed E-state index contributed by atoms with van der Waals surface area (Å²) in [6.45, 7) is 3.36. The topological polar surface area (TPSA) is 64.2 Å². The minimum absolute atomic E-state index is 0.163. The number of anilines is 1. The molecular formula is C13H22N4O. The zero-order chi connectivity index (χ0) is 13.0. The summed E-state index contributed by atoms with van der Waals surface area (Å²) in [5.41, 5.74) is 5.55. The van der Waals surface area contributed by atoms with Crippen LogP contribution in [0.5, 0.6) is 0 Å². The molecular weight excluding hydrogens is 228 g/mol. The number of aromatic nitrogens is 2. The van der Waals surface area contributed by atoms with Crippen molar-refractivity contribution >= 4 is 11.7 Å². The van der Waals surface area contributed by atoms with E-state index in [4.69, 9.17) is 5.73 Å². The van der Waals surface area contributed by atoms with Crippen molar-refractivity contribution in [3.8, 4) is 0 Å². The van der Waals surface area contributed by atoms with E-state index in [0.29, 0.717) is 18.4 Å². The van der Waals surface area contributed by atoms with Crippen molar-refractivity contribution in [3.63, 3.8) is 0 Å². The molecule has 1 unspecified atom stereocenters. The van der Waals surface area contributed by atoms with E-state index in [2.05, 4.69) is 12.0 Å². The minimum atomic E-state index is 0.163. The molecule has 0 aromatic carbocycles. The average Bonchev–Trinajstić information content (AvgIpc) is 2.76. The maximum atomic E-state index is 12.3. The summed E-state index contributed by atoms with van der Waals surface area (Å²) in [5.74, 6) is 0.628. The van der Waals surface area contributed by atoms with Gasteiger partial charge in [0.2, 0.25) is 5.91 Å². The minimum Gasteiger partial charge on any atom is -0.382 e. The van der Waals surface area contributed by atoms with Crippen molar-refractivity contribution in [3.05, 3.63) is 12.3 Å². The summed E-state index contributed by atoms with van der Waals surface area (Å²) in [6.07, 6.45) is 7.49. The number of hydrogen-bond donors (Lipinski definition) is 1. The van der Waals surface area contributed by atoms with Crippen molar-refractivity contribution in [1.29, 1.82) is 0 Å². The van der Waals surface area contributed by atoms with Crippen molar-refractivity contribution < 1.29 is 4.79 Å². The number of amides is 1. The molecule has 1 aliphatic heterocycles. The van der Waals surface area contributed by atoms with E-state index in [-0.39, 0.29) is 5.91 Å². The van der Waals surface area contributed by atoms with E-state index < -0.39 is 0 Å². The molecule has 5 nitrogen and oxygen atoms in total. The first kappa shape index (κ1) is 12.9. The fraction of sp³-hybridized carbons (Fsp3) is 0.692. The third-order valence-corrected chi connectivity index (χ3v) is 3.53. The monoisotopic (exact) mass is 250 g/mol. The fourth-order valence-electron chi connectivity index (χ4n) is 2.66. The second-order valence-electron chi connectivity index (χ2n) is 4.96. The summed E-state index contributed by atoms with van der Waals surface area (Å²) >= 11 is 0. The Balaban J connectivity index is 1.97. The van der Waals surface area contributed by atoms with Crippen LogP contribution in [0.25, 0.3) is 0 Å². The van der Waals surface area contributed by atoms with Gasteiger partial charge in [0.1, 0.15) is 12.4 Å². The SMILES string of the molecule is CCCC1CCCCN1C(=O)Cn1ccc(N)n1. The van der Waals surface area contributed by atoms with Gasteiger partial charge in [-0.15, -0.1) is 0 Å². The number of carbonyl (C=O) groups excluding carboxylic acids is 1. The maximum absolute atomic E-state index is 12.3. The van der Waals surface area contributed by atoms with Crippen LogP contribution in [0.4, 0.5) is 5.82 Å². The van der Waals surface area contributed by atoms with Gasteiger partial charge in [0, 0.05) is 18.8 Å². The first-order valence-corrected chi connectivity index (χ1v) is 6.79. The van der Waals surface area contributed by atoms with Crippen molar-refractivity contribution in [2.45, 2.75) is 51.6 Å². The Hall–Kier alpha value is -1.52. The second kappa shape index (κ2) is 5.89. The molecule has 1 aromatic rings. The third-order valence-electron chi connectivity index (χ3n) is 3.53. The molecule has 2 heterocycles. The molecule has 1 aromatic heterocycles. The number of piperidine rings is 1. The van der Waals surface area contributed by atoms with Crippen LogP contribution in [0.3, 0.4) is 0 Å². The lowest BCUT2D eigenvalue weighted by Crippen LogP contribution is -2.45. The Morgan fingerprint density at radius 2 is 2.39 bits per heavy atom. The predicted octanol–water partition coefficient (Wildman–Crippen LogP) is 1.65. The maximum Gasteiger partial charge on any atom is 0.244 e. The highest BCUT2D eigenvalue weighted by atomic mass is 16.2. The van der Waals surface area contributed by atoms with Crippen LogP contribution in [0.1, 0.15) is 39.0 Å². The van der Waals surface area contributed by atoms with E-state index in [1.54, 1.807) is 16.9 Å². The molecule has 18 heavy (non-hydrogen) atoms. The zero-order valence-corrected chi connectivity index (χ0v) is 11.0. The number of likely N-dealkylation sites (tertiary alicyclic amines) is 1. The molecule has 1 fully saturated rings. The van der Waals surface area contributed by atoms with Crippen LogP contribution in [-0.2, 0) is 11.3 Å². The number of rotatable bonds is 4. The summed E-state index contributed by atoms with van der Waals surface area (Å²) in [6, 6.07) is 2.14. The molecule has 0 spiro atoms. The zero-order valence-electron chi connectivity index (χ0n) is 11.0. The highest BCUT2D eigenvalue weighted by Crippen LogP contribution is 2.21. The first-order valence-electron chi connectivity index (χ1n) is 6.79.